The molecular formula is C32H31F7O2. The maximum atomic E-state index is 14.9. The second-order valence-electron chi connectivity index (χ2n) is 10.4. The highest BCUT2D eigenvalue weighted by atomic mass is 19.3. The molecule has 1 fully saturated rings. The van der Waals surface area contributed by atoms with Crippen LogP contribution in [0, 0.1) is 29.3 Å². The molecule has 3 aromatic rings. The van der Waals surface area contributed by atoms with E-state index in [0.717, 1.165) is 30.5 Å². The van der Waals surface area contributed by atoms with Gasteiger partial charge in [-0.25, -0.2) is 13.2 Å². The van der Waals surface area contributed by atoms with Gasteiger partial charge in [-0.15, -0.1) is 0 Å². The Labute approximate surface area is 234 Å². The molecule has 1 aliphatic rings. The maximum Gasteiger partial charge on any atom is 0.400 e. The van der Waals surface area contributed by atoms with Crippen molar-refractivity contribution < 1.29 is 40.2 Å². The Bertz CT molecular complexity index is 1360. The van der Waals surface area contributed by atoms with E-state index in [9.17, 15) is 30.7 Å². The van der Waals surface area contributed by atoms with Crippen molar-refractivity contribution in [3.63, 3.8) is 0 Å². The summed E-state index contributed by atoms with van der Waals surface area (Å²) >= 11 is 0. The second-order valence-corrected chi connectivity index (χ2v) is 10.4. The van der Waals surface area contributed by atoms with E-state index in [2.05, 4.69) is 4.74 Å². The van der Waals surface area contributed by atoms with Gasteiger partial charge in [0.25, 0.3) is 0 Å². The Kier molecular flexibility index (Phi) is 9.99. The van der Waals surface area contributed by atoms with Crippen LogP contribution < -0.4 is 9.47 Å². The molecular weight excluding hydrogens is 549 g/mol. The van der Waals surface area contributed by atoms with Crippen molar-refractivity contribution in [3.8, 4) is 22.6 Å². The van der Waals surface area contributed by atoms with E-state index in [-0.39, 0.29) is 30.8 Å². The van der Waals surface area contributed by atoms with Gasteiger partial charge in [0.05, 0.1) is 5.92 Å². The zero-order valence-electron chi connectivity index (χ0n) is 22.5. The molecule has 0 saturated heterocycles. The summed E-state index contributed by atoms with van der Waals surface area (Å²) in [5.41, 5.74) is 2.19. The summed E-state index contributed by atoms with van der Waals surface area (Å²) in [4.78, 5) is 0. The van der Waals surface area contributed by atoms with Crippen molar-refractivity contribution in [3.05, 3.63) is 95.5 Å². The Morgan fingerprint density at radius 2 is 1.61 bits per heavy atom. The summed E-state index contributed by atoms with van der Waals surface area (Å²) in [7, 11) is 0. The molecule has 3 aromatic carbocycles. The highest BCUT2D eigenvalue weighted by molar-refractivity contribution is 5.65. The lowest BCUT2D eigenvalue weighted by atomic mass is 9.79. The molecule has 0 amide bonds. The number of hydrogen-bond acceptors (Lipinski definition) is 2. The Balaban J connectivity index is 1.29. The molecule has 1 aliphatic carbocycles. The van der Waals surface area contributed by atoms with Crippen molar-refractivity contribution in [2.24, 2.45) is 11.8 Å². The molecule has 0 aliphatic heterocycles. The van der Waals surface area contributed by atoms with Gasteiger partial charge in [-0.05, 0) is 91.8 Å². The third-order valence-corrected chi connectivity index (χ3v) is 7.51. The molecule has 4 rings (SSSR count). The average Bonchev–Trinajstić information content (AvgIpc) is 2.92. The van der Waals surface area contributed by atoms with Gasteiger partial charge < -0.3 is 9.47 Å². The summed E-state index contributed by atoms with van der Waals surface area (Å²) in [5, 5.41) is 0. The quantitative estimate of drug-likeness (QED) is 0.166. The lowest BCUT2D eigenvalue weighted by Gasteiger charge is -2.33. The SMILES string of the molecule is CCCc1ccc(-c2ccc(CCC3CCC(C(F)(F)Oc4ccc(OC=C(F)F)c(F)c4)CC3)c(F)c2)c(F)c1. The molecule has 2 nitrogen and oxygen atoms in total. The largest absolute Gasteiger partial charge is 0.456 e. The highest BCUT2D eigenvalue weighted by Gasteiger charge is 2.44. The summed E-state index contributed by atoms with van der Waals surface area (Å²) < 4.78 is 107. The fourth-order valence-electron chi connectivity index (χ4n) is 5.29. The first-order valence-corrected chi connectivity index (χ1v) is 13.7. The van der Waals surface area contributed by atoms with Gasteiger partial charge in [-0.2, -0.15) is 17.6 Å². The second kappa shape index (κ2) is 13.4. The van der Waals surface area contributed by atoms with E-state index >= 15 is 0 Å². The minimum absolute atomic E-state index is 0.0454. The van der Waals surface area contributed by atoms with Crippen LogP contribution in [0.2, 0.25) is 0 Å². The number of hydrogen-bond donors (Lipinski definition) is 0. The smallest absolute Gasteiger partial charge is 0.400 e. The Morgan fingerprint density at radius 3 is 2.24 bits per heavy atom. The van der Waals surface area contributed by atoms with Crippen LogP contribution in [0.3, 0.4) is 0 Å². The van der Waals surface area contributed by atoms with Crippen molar-refractivity contribution in [1.29, 1.82) is 0 Å². The van der Waals surface area contributed by atoms with E-state index < -0.39 is 41.2 Å². The van der Waals surface area contributed by atoms with Crippen LogP contribution in [0.25, 0.3) is 11.1 Å². The number of ether oxygens (including phenoxy) is 2. The van der Waals surface area contributed by atoms with E-state index in [1.165, 1.54) is 12.1 Å². The molecule has 0 radical (unpaired) electrons. The van der Waals surface area contributed by atoms with Crippen LogP contribution in [0.15, 0.2) is 66.9 Å². The van der Waals surface area contributed by atoms with Crippen LogP contribution in [0.4, 0.5) is 30.7 Å². The highest BCUT2D eigenvalue weighted by Crippen LogP contribution is 2.41. The average molecular weight is 581 g/mol. The zero-order chi connectivity index (χ0) is 29.6. The molecule has 0 spiro atoms. The first-order valence-electron chi connectivity index (χ1n) is 13.7. The van der Waals surface area contributed by atoms with Crippen LogP contribution >= 0.6 is 0 Å². The van der Waals surface area contributed by atoms with Gasteiger partial charge in [0, 0.05) is 11.6 Å². The summed E-state index contributed by atoms with van der Waals surface area (Å²) in [6.45, 7) is 2.01. The first kappa shape index (κ1) is 30.5. The molecule has 0 aromatic heterocycles. The molecule has 0 bridgehead atoms. The summed E-state index contributed by atoms with van der Waals surface area (Å²) in [6.07, 6.45) is -1.60. The van der Waals surface area contributed by atoms with Crippen LogP contribution in [0.5, 0.6) is 11.5 Å². The first-order chi connectivity index (χ1) is 19.6. The fourth-order valence-corrected chi connectivity index (χ4v) is 5.29. The van der Waals surface area contributed by atoms with Gasteiger partial charge >= 0.3 is 12.2 Å². The number of aryl methyl sites for hydroxylation is 2. The van der Waals surface area contributed by atoms with Gasteiger partial charge in [0.1, 0.15) is 17.4 Å². The molecule has 1 saturated carbocycles. The molecule has 0 unspecified atom stereocenters. The van der Waals surface area contributed by atoms with Gasteiger partial charge in [0.15, 0.2) is 17.8 Å². The van der Waals surface area contributed by atoms with E-state index in [1.54, 1.807) is 18.2 Å². The summed E-state index contributed by atoms with van der Waals surface area (Å²) in [5.74, 6) is -3.88. The van der Waals surface area contributed by atoms with Gasteiger partial charge in [-0.3, -0.25) is 0 Å². The lowest BCUT2D eigenvalue weighted by Crippen LogP contribution is -2.37. The predicted molar refractivity (Wildman–Crippen MR) is 142 cm³/mol. The Hall–Kier alpha value is -3.49. The molecule has 220 valence electrons. The maximum absolute atomic E-state index is 14.9. The van der Waals surface area contributed by atoms with Crippen LogP contribution in [0.1, 0.15) is 56.6 Å². The minimum atomic E-state index is -3.56. The van der Waals surface area contributed by atoms with Crippen LogP contribution in [-0.2, 0) is 12.8 Å². The number of alkyl halides is 2. The minimum Gasteiger partial charge on any atom is -0.456 e. The molecule has 0 atom stereocenters. The van der Waals surface area contributed by atoms with Gasteiger partial charge in [0.2, 0.25) is 0 Å². The zero-order valence-corrected chi connectivity index (χ0v) is 22.5. The normalized spacial score (nSPS) is 17.3. The van der Waals surface area contributed by atoms with Crippen molar-refractivity contribution in [2.45, 2.75) is 64.4 Å². The standard InChI is InChI=1S/C32H31F7O2/c1-2-3-21-7-14-26(28(34)16-21)23-10-9-22(27(33)17-23)8-4-20-5-11-24(12-6-20)32(38,39)41-25-13-15-30(29(35)18-25)40-19-31(36)37/h7,9-10,13-20,24H,2-6,8,11-12H2,1H3. The van der Waals surface area contributed by atoms with Crippen LogP contribution in [-0.4, -0.2) is 6.11 Å². The topological polar surface area (TPSA) is 18.5 Å². The molecule has 0 heterocycles. The van der Waals surface area contributed by atoms with E-state index in [4.69, 9.17) is 4.74 Å². The van der Waals surface area contributed by atoms with Crippen molar-refractivity contribution >= 4 is 0 Å². The van der Waals surface area contributed by atoms with E-state index in [1.807, 2.05) is 13.0 Å². The molecule has 0 N–H and O–H groups in total. The van der Waals surface area contributed by atoms with Gasteiger partial charge in [-0.1, -0.05) is 37.6 Å². The summed E-state index contributed by atoms with van der Waals surface area (Å²) in [6, 6.07) is 12.3. The lowest BCUT2D eigenvalue weighted by molar-refractivity contribution is -0.223. The fraction of sp³-hybridized carbons (Fsp3) is 0.375. The van der Waals surface area contributed by atoms with E-state index in [0.29, 0.717) is 48.4 Å². The third kappa shape index (κ3) is 8.05. The predicted octanol–water partition coefficient (Wildman–Crippen LogP) is 10.3. The van der Waals surface area contributed by atoms with Crippen molar-refractivity contribution in [1.82, 2.24) is 0 Å². The number of halogens is 7. The monoisotopic (exact) mass is 580 g/mol. The molecule has 9 heteroatoms. The third-order valence-electron chi connectivity index (χ3n) is 7.51. The van der Waals surface area contributed by atoms with Crippen molar-refractivity contribution in [2.75, 3.05) is 0 Å². The molecule has 41 heavy (non-hydrogen) atoms. The Morgan fingerprint density at radius 1 is 0.854 bits per heavy atom. The number of rotatable bonds is 11. The number of benzene rings is 3.